The standard InChI is InChI=1S/C14H19N3OS/c1-4-16-10-5-6-11(9(2)3)12(7-10)17-13(18)8-19-14(17)15/h5-7,9,15-16H,4,8H2,1-3H3. The van der Waals surface area contributed by atoms with Gasteiger partial charge in [0.1, 0.15) is 0 Å². The highest BCUT2D eigenvalue weighted by Crippen LogP contribution is 2.34. The van der Waals surface area contributed by atoms with Crippen LogP contribution in [0.3, 0.4) is 0 Å². The maximum atomic E-state index is 12.0. The van der Waals surface area contributed by atoms with Crippen molar-refractivity contribution in [3.63, 3.8) is 0 Å². The number of benzene rings is 1. The van der Waals surface area contributed by atoms with Crippen molar-refractivity contribution in [2.75, 3.05) is 22.5 Å². The van der Waals surface area contributed by atoms with E-state index in [-0.39, 0.29) is 5.91 Å². The van der Waals surface area contributed by atoms with Gasteiger partial charge in [-0.15, -0.1) is 0 Å². The highest BCUT2D eigenvalue weighted by molar-refractivity contribution is 8.15. The number of thioether (sulfide) groups is 1. The fourth-order valence-corrected chi connectivity index (χ4v) is 2.87. The zero-order chi connectivity index (χ0) is 14.0. The molecule has 0 saturated carbocycles. The summed E-state index contributed by atoms with van der Waals surface area (Å²) in [6.45, 7) is 7.07. The molecule has 2 rings (SSSR count). The second-order valence-electron chi connectivity index (χ2n) is 4.78. The van der Waals surface area contributed by atoms with E-state index in [2.05, 4.69) is 19.2 Å². The molecule has 0 aromatic heterocycles. The van der Waals surface area contributed by atoms with E-state index < -0.39 is 0 Å². The van der Waals surface area contributed by atoms with E-state index in [4.69, 9.17) is 5.41 Å². The summed E-state index contributed by atoms with van der Waals surface area (Å²) in [7, 11) is 0. The topological polar surface area (TPSA) is 56.2 Å². The highest BCUT2D eigenvalue weighted by Gasteiger charge is 2.30. The van der Waals surface area contributed by atoms with Crippen LogP contribution in [0.25, 0.3) is 0 Å². The van der Waals surface area contributed by atoms with Crippen molar-refractivity contribution >= 4 is 34.2 Å². The number of nitrogens with zero attached hydrogens (tertiary/aromatic N) is 1. The predicted molar refractivity (Wildman–Crippen MR) is 82.4 cm³/mol. The lowest BCUT2D eigenvalue weighted by Crippen LogP contribution is -2.29. The summed E-state index contributed by atoms with van der Waals surface area (Å²) in [5, 5.41) is 11.5. The molecule has 2 N–H and O–H groups in total. The molecular formula is C14H19N3OS. The van der Waals surface area contributed by atoms with Crippen LogP contribution < -0.4 is 10.2 Å². The molecular weight excluding hydrogens is 258 g/mol. The van der Waals surface area contributed by atoms with Gasteiger partial charge in [0.05, 0.1) is 11.4 Å². The van der Waals surface area contributed by atoms with Crippen molar-refractivity contribution in [2.24, 2.45) is 0 Å². The van der Waals surface area contributed by atoms with Crippen molar-refractivity contribution in [3.8, 4) is 0 Å². The van der Waals surface area contributed by atoms with Gasteiger partial charge in [-0.3, -0.25) is 15.1 Å². The minimum atomic E-state index is -0.00875. The van der Waals surface area contributed by atoms with Crippen LogP contribution in [0.4, 0.5) is 11.4 Å². The molecule has 1 fully saturated rings. The predicted octanol–water partition coefficient (Wildman–Crippen LogP) is 3.26. The molecule has 19 heavy (non-hydrogen) atoms. The van der Waals surface area contributed by atoms with Crippen LogP contribution in [0.15, 0.2) is 18.2 Å². The third-order valence-corrected chi connectivity index (χ3v) is 3.91. The second-order valence-corrected chi connectivity index (χ2v) is 5.75. The summed E-state index contributed by atoms with van der Waals surface area (Å²) in [6.07, 6.45) is 0. The van der Waals surface area contributed by atoms with Crippen LogP contribution in [0, 0.1) is 5.41 Å². The van der Waals surface area contributed by atoms with Gasteiger partial charge in [-0.1, -0.05) is 31.7 Å². The molecule has 102 valence electrons. The van der Waals surface area contributed by atoms with Gasteiger partial charge in [-0.2, -0.15) is 0 Å². The van der Waals surface area contributed by atoms with E-state index in [1.807, 2.05) is 25.1 Å². The molecule has 0 bridgehead atoms. The normalized spacial score (nSPS) is 15.5. The van der Waals surface area contributed by atoms with E-state index in [1.165, 1.54) is 16.7 Å². The molecule has 1 aliphatic heterocycles. The first-order valence-electron chi connectivity index (χ1n) is 6.46. The molecule has 1 saturated heterocycles. The van der Waals surface area contributed by atoms with Crippen molar-refractivity contribution in [1.82, 2.24) is 0 Å². The summed E-state index contributed by atoms with van der Waals surface area (Å²) in [6, 6.07) is 6.04. The third-order valence-electron chi connectivity index (χ3n) is 3.06. The summed E-state index contributed by atoms with van der Waals surface area (Å²) >= 11 is 1.29. The lowest BCUT2D eigenvalue weighted by molar-refractivity contribution is -0.115. The maximum Gasteiger partial charge on any atom is 0.243 e. The third kappa shape index (κ3) is 2.76. The quantitative estimate of drug-likeness (QED) is 0.888. The Morgan fingerprint density at radius 1 is 1.47 bits per heavy atom. The first-order valence-corrected chi connectivity index (χ1v) is 7.45. The van der Waals surface area contributed by atoms with Crippen LogP contribution in [0.1, 0.15) is 32.3 Å². The second kappa shape index (κ2) is 5.65. The number of amides is 1. The Hall–Kier alpha value is -1.49. The van der Waals surface area contributed by atoms with E-state index in [1.54, 1.807) is 0 Å². The first kappa shape index (κ1) is 13.9. The highest BCUT2D eigenvalue weighted by atomic mass is 32.2. The smallest absolute Gasteiger partial charge is 0.243 e. The van der Waals surface area contributed by atoms with Crippen LogP contribution in [-0.2, 0) is 4.79 Å². The van der Waals surface area contributed by atoms with Gasteiger partial charge in [-0.05, 0) is 30.5 Å². The van der Waals surface area contributed by atoms with Crippen molar-refractivity contribution in [2.45, 2.75) is 26.7 Å². The molecule has 1 aromatic carbocycles. The molecule has 1 heterocycles. The van der Waals surface area contributed by atoms with E-state index in [9.17, 15) is 4.79 Å². The van der Waals surface area contributed by atoms with Crippen LogP contribution >= 0.6 is 11.8 Å². The summed E-state index contributed by atoms with van der Waals surface area (Å²) in [5.41, 5.74) is 2.93. The number of carbonyl (C=O) groups is 1. The fraction of sp³-hybridized carbons (Fsp3) is 0.429. The van der Waals surface area contributed by atoms with Crippen molar-refractivity contribution < 1.29 is 4.79 Å². The number of anilines is 2. The molecule has 0 spiro atoms. The van der Waals surface area contributed by atoms with E-state index >= 15 is 0 Å². The van der Waals surface area contributed by atoms with Gasteiger partial charge in [0.25, 0.3) is 0 Å². The number of rotatable bonds is 4. The van der Waals surface area contributed by atoms with Gasteiger partial charge >= 0.3 is 0 Å². The summed E-state index contributed by atoms with van der Waals surface area (Å²) in [5.74, 6) is 0.671. The first-order chi connectivity index (χ1) is 9.04. The summed E-state index contributed by atoms with van der Waals surface area (Å²) < 4.78 is 0. The van der Waals surface area contributed by atoms with Gasteiger partial charge in [0.15, 0.2) is 5.17 Å². The van der Waals surface area contributed by atoms with Crippen LogP contribution in [0.5, 0.6) is 0 Å². The molecule has 0 atom stereocenters. The van der Waals surface area contributed by atoms with Crippen molar-refractivity contribution in [3.05, 3.63) is 23.8 Å². The summed E-state index contributed by atoms with van der Waals surface area (Å²) in [4.78, 5) is 13.5. The molecule has 5 heteroatoms. The minimum absolute atomic E-state index is 0.00875. The van der Waals surface area contributed by atoms with Crippen LogP contribution in [0.2, 0.25) is 0 Å². The number of hydrogen-bond donors (Lipinski definition) is 2. The molecule has 0 aliphatic carbocycles. The Labute approximate surface area is 118 Å². The maximum absolute atomic E-state index is 12.0. The minimum Gasteiger partial charge on any atom is -0.385 e. The van der Waals surface area contributed by atoms with E-state index in [0.717, 1.165) is 23.5 Å². The zero-order valence-electron chi connectivity index (χ0n) is 11.5. The zero-order valence-corrected chi connectivity index (χ0v) is 12.3. The molecule has 1 aromatic rings. The Balaban J connectivity index is 2.48. The van der Waals surface area contributed by atoms with Gasteiger partial charge in [-0.25, -0.2) is 0 Å². The van der Waals surface area contributed by atoms with E-state index in [0.29, 0.717) is 16.8 Å². The fourth-order valence-electron chi connectivity index (χ4n) is 2.16. The average molecular weight is 277 g/mol. The largest absolute Gasteiger partial charge is 0.385 e. The van der Waals surface area contributed by atoms with Gasteiger partial charge in [0.2, 0.25) is 5.91 Å². The lowest BCUT2D eigenvalue weighted by atomic mass is 10.00. The molecule has 0 radical (unpaired) electrons. The number of hydrogen-bond acceptors (Lipinski definition) is 4. The average Bonchev–Trinajstić information content (AvgIpc) is 2.69. The van der Waals surface area contributed by atoms with Gasteiger partial charge < -0.3 is 5.32 Å². The number of nitrogens with one attached hydrogen (secondary N) is 2. The molecule has 1 aliphatic rings. The van der Waals surface area contributed by atoms with Crippen molar-refractivity contribution in [1.29, 1.82) is 5.41 Å². The monoisotopic (exact) mass is 277 g/mol. The molecule has 1 amide bonds. The van der Waals surface area contributed by atoms with Gasteiger partial charge in [0, 0.05) is 12.2 Å². The number of carbonyl (C=O) groups excluding carboxylic acids is 1. The Bertz CT molecular complexity index is 497. The Morgan fingerprint density at radius 2 is 2.21 bits per heavy atom. The lowest BCUT2D eigenvalue weighted by Gasteiger charge is -2.22. The van der Waals surface area contributed by atoms with Crippen LogP contribution in [-0.4, -0.2) is 23.4 Å². The Morgan fingerprint density at radius 3 is 2.74 bits per heavy atom. The SMILES string of the molecule is CCNc1ccc(C(C)C)c(N2C(=N)SCC2=O)c1. The molecule has 4 nitrogen and oxygen atoms in total. The number of amidine groups is 1. The Kier molecular flexibility index (Phi) is 4.14. The molecule has 0 unspecified atom stereocenters.